The fraction of sp³-hybridized carbons (Fsp3) is 0.615. The monoisotopic (exact) mass is 286 g/mol. The molecule has 2 heterocycles. The summed E-state index contributed by atoms with van der Waals surface area (Å²) in [6, 6.07) is 4.00. The SMILES string of the molecule is CC(C(=O)N1CCCCC1CN)c1ccc(Cl)s1. The van der Waals surface area contributed by atoms with E-state index in [1.807, 2.05) is 24.0 Å². The van der Waals surface area contributed by atoms with Gasteiger partial charge in [-0.1, -0.05) is 11.6 Å². The lowest BCUT2D eigenvalue weighted by Gasteiger charge is -2.36. The van der Waals surface area contributed by atoms with Gasteiger partial charge in [-0.3, -0.25) is 4.79 Å². The molecule has 1 aliphatic heterocycles. The Labute approximate surface area is 117 Å². The zero-order valence-electron chi connectivity index (χ0n) is 10.6. The van der Waals surface area contributed by atoms with Gasteiger partial charge < -0.3 is 10.6 Å². The molecule has 100 valence electrons. The summed E-state index contributed by atoms with van der Waals surface area (Å²) in [6.45, 7) is 3.35. The molecule has 3 nitrogen and oxygen atoms in total. The Bertz CT molecular complexity index is 421. The Hall–Kier alpha value is -0.580. The highest BCUT2D eigenvalue weighted by Crippen LogP contribution is 2.30. The van der Waals surface area contributed by atoms with Crippen LogP contribution in [0.2, 0.25) is 4.34 Å². The number of thiophene rings is 1. The summed E-state index contributed by atoms with van der Waals surface area (Å²) < 4.78 is 0.735. The molecule has 5 heteroatoms. The predicted molar refractivity (Wildman–Crippen MR) is 76.2 cm³/mol. The second-order valence-corrected chi connectivity index (χ2v) is 6.53. The van der Waals surface area contributed by atoms with E-state index >= 15 is 0 Å². The average Bonchev–Trinajstić information content (AvgIpc) is 2.83. The van der Waals surface area contributed by atoms with Crippen molar-refractivity contribution in [3.05, 3.63) is 21.3 Å². The van der Waals surface area contributed by atoms with Crippen LogP contribution in [0.3, 0.4) is 0 Å². The predicted octanol–water partition coefficient (Wildman–Crippen LogP) is 2.84. The molecule has 1 saturated heterocycles. The summed E-state index contributed by atoms with van der Waals surface area (Å²) in [5.41, 5.74) is 5.76. The highest BCUT2D eigenvalue weighted by atomic mass is 35.5. The number of hydrogen-bond donors (Lipinski definition) is 1. The molecule has 2 rings (SSSR count). The zero-order valence-corrected chi connectivity index (χ0v) is 12.1. The number of carbonyl (C=O) groups excluding carboxylic acids is 1. The van der Waals surface area contributed by atoms with Gasteiger partial charge in [0, 0.05) is 24.0 Å². The summed E-state index contributed by atoms with van der Waals surface area (Å²) >= 11 is 7.41. The van der Waals surface area contributed by atoms with E-state index in [1.54, 1.807) is 0 Å². The maximum atomic E-state index is 12.5. The number of piperidine rings is 1. The van der Waals surface area contributed by atoms with Crippen LogP contribution in [0.4, 0.5) is 0 Å². The fourth-order valence-corrected chi connectivity index (χ4v) is 3.57. The molecule has 2 atom stereocenters. The molecule has 0 aliphatic carbocycles. The van der Waals surface area contributed by atoms with E-state index < -0.39 is 0 Å². The third-order valence-electron chi connectivity index (χ3n) is 3.57. The number of likely N-dealkylation sites (tertiary alicyclic amines) is 1. The average molecular weight is 287 g/mol. The number of nitrogens with two attached hydrogens (primary N) is 1. The molecule has 0 spiro atoms. The molecule has 2 unspecified atom stereocenters. The summed E-state index contributed by atoms with van der Waals surface area (Å²) in [6.07, 6.45) is 3.28. The van der Waals surface area contributed by atoms with Crippen LogP contribution in [-0.2, 0) is 4.79 Å². The quantitative estimate of drug-likeness (QED) is 0.929. The Morgan fingerprint density at radius 2 is 2.39 bits per heavy atom. The normalized spacial score (nSPS) is 21.9. The molecule has 0 aromatic carbocycles. The van der Waals surface area contributed by atoms with Gasteiger partial charge in [0.15, 0.2) is 0 Å². The van der Waals surface area contributed by atoms with Crippen molar-refractivity contribution in [2.75, 3.05) is 13.1 Å². The van der Waals surface area contributed by atoms with Crippen LogP contribution in [0.1, 0.15) is 37.0 Å². The van der Waals surface area contributed by atoms with Gasteiger partial charge >= 0.3 is 0 Å². The molecular formula is C13H19ClN2OS. The number of carbonyl (C=O) groups is 1. The molecule has 18 heavy (non-hydrogen) atoms. The van der Waals surface area contributed by atoms with Gasteiger partial charge in [-0.25, -0.2) is 0 Å². The first-order valence-electron chi connectivity index (χ1n) is 6.39. The fourth-order valence-electron chi connectivity index (χ4n) is 2.47. The van der Waals surface area contributed by atoms with Crippen molar-refractivity contribution in [2.45, 2.75) is 38.1 Å². The topological polar surface area (TPSA) is 46.3 Å². The van der Waals surface area contributed by atoms with Crippen molar-refractivity contribution in [2.24, 2.45) is 5.73 Å². The summed E-state index contributed by atoms with van der Waals surface area (Å²) in [7, 11) is 0. The Morgan fingerprint density at radius 3 is 3.00 bits per heavy atom. The highest BCUT2D eigenvalue weighted by molar-refractivity contribution is 7.16. The molecule has 0 radical (unpaired) electrons. The minimum absolute atomic E-state index is 0.116. The van der Waals surface area contributed by atoms with E-state index in [2.05, 4.69) is 0 Å². The van der Waals surface area contributed by atoms with Gasteiger partial charge in [0.2, 0.25) is 5.91 Å². The van der Waals surface area contributed by atoms with Crippen LogP contribution in [-0.4, -0.2) is 29.9 Å². The Balaban J connectivity index is 2.09. The van der Waals surface area contributed by atoms with E-state index in [1.165, 1.54) is 17.8 Å². The maximum Gasteiger partial charge on any atom is 0.230 e. The lowest BCUT2D eigenvalue weighted by Crippen LogP contribution is -2.48. The summed E-state index contributed by atoms with van der Waals surface area (Å²) in [5.74, 6) is 0.0679. The minimum atomic E-state index is -0.116. The number of amides is 1. The third kappa shape index (κ3) is 2.87. The number of rotatable bonds is 3. The van der Waals surface area contributed by atoms with Crippen LogP contribution < -0.4 is 5.73 Å². The van der Waals surface area contributed by atoms with Crippen molar-refractivity contribution in [3.63, 3.8) is 0 Å². The first kappa shape index (κ1) is 13.8. The highest BCUT2D eigenvalue weighted by Gasteiger charge is 2.29. The van der Waals surface area contributed by atoms with E-state index in [0.29, 0.717) is 6.54 Å². The molecule has 1 aliphatic rings. The second kappa shape index (κ2) is 6.04. The van der Waals surface area contributed by atoms with Crippen LogP contribution in [0.25, 0.3) is 0 Å². The Kier molecular flexibility index (Phi) is 4.65. The zero-order chi connectivity index (χ0) is 13.1. The molecule has 1 aromatic rings. The molecule has 0 bridgehead atoms. The van der Waals surface area contributed by atoms with Gasteiger partial charge in [-0.15, -0.1) is 11.3 Å². The maximum absolute atomic E-state index is 12.5. The molecule has 1 amide bonds. The van der Waals surface area contributed by atoms with Crippen LogP contribution in [0.15, 0.2) is 12.1 Å². The van der Waals surface area contributed by atoms with Gasteiger partial charge in [-0.05, 0) is 38.3 Å². The first-order valence-corrected chi connectivity index (χ1v) is 7.58. The van der Waals surface area contributed by atoms with Crippen LogP contribution >= 0.6 is 22.9 Å². The van der Waals surface area contributed by atoms with Gasteiger partial charge in [0.05, 0.1) is 10.3 Å². The minimum Gasteiger partial charge on any atom is -0.338 e. The van der Waals surface area contributed by atoms with E-state index in [9.17, 15) is 4.79 Å². The smallest absolute Gasteiger partial charge is 0.230 e. The lowest BCUT2D eigenvalue weighted by atomic mass is 9.99. The molecular weight excluding hydrogens is 268 g/mol. The lowest BCUT2D eigenvalue weighted by molar-refractivity contribution is -0.135. The van der Waals surface area contributed by atoms with Crippen molar-refractivity contribution in [1.29, 1.82) is 0 Å². The summed E-state index contributed by atoms with van der Waals surface area (Å²) in [4.78, 5) is 15.5. The van der Waals surface area contributed by atoms with Crippen LogP contribution in [0, 0.1) is 0 Å². The van der Waals surface area contributed by atoms with Crippen molar-refractivity contribution in [1.82, 2.24) is 4.90 Å². The largest absolute Gasteiger partial charge is 0.338 e. The van der Waals surface area contributed by atoms with Crippen molar-refractivity contribution < 1.29 is 4.79 Å². The molecule has 1 fully saturated rings. The Morgan fingerprint density at radius 1 is 1.61 bits per heavy atom. The van der Waals surface area contributed by atoms with Crippen LogP contribution in [0.5, 0.6) is 0 Å². The first-order chi connectivity index (χ1) is 8.63. The second-order valence-electron chi connectivity index (χ2n) is 4.78. The van der Waals surface area contributed by atoms with Gasteiger partial charge in [0.1, 0.15) is 0 Å². The molecule has 0 saturated carbocycles. The third-order valence-corrected chi connectivity index (χ3v) is 4.99. The van der Waals surface area contributed by atoms with Gasteiger partial charge in [-0.2, -0.15) is 0 Å². The number of halogens is 1. The van der Waals surface area contributed by atoms with Crippen molar-refractivity contribution >= 4 is 28.8 Å². The standard InChI is InChI=1S/C13H19ClN2OS/c1-9(11-5-6-12(14)18-11)13(17)16-7-3-2-4-10(16)8-15/h5-6,9-10H,2-4,7-8,15H2,1H3. The van der Waals surface area contributed by atoms with E-state index in [4.69, 9.17) is 17.3 Å². The molecule has 2 N–H and O–H groups in total. The van der Waals surface area contributed by atoms with Gasteiger partial charge in [0.25, 0.3) is 0 Å². The molecule has 1 aromatic heterocycles. The van der Waals surface area contributed by atoms with E-state index in [-0.39, 0.29) is 17.9 Å². The summed E-state index contributed by atoms with van der Waals surface area (Å²) in [5, 5.41) is 0. The number of nitrogens with zero attached hydrogens (tertiary/aromatic N) is 1. The van der Waals surface area contributed by atoms with E-state index in [0.717, 1.165) is 28.6 Å². The number of hydrogen-bond acceptors (Lipinski definition) is 3. The van der Waals surface area contributed by atoms with Crippen molar-refractivity contribution in [3.8, 4) is 0 Å².